The maximum Gasteiger partial charge on any atom is 0.311 e. The molecule has 2 aromatic rings. The molecule has 7 nitrogen and oxygen atoms in total. The number of nitrogens with zero attached hydrogens (tertiary/aromatic N) is 3. The molecule has 1 saturated heterocycles. The molecule has 2 aromatic carbocycles. The van der Waals surface area contributed by atoms with Crippen LogP contribution in [0.25, 0.3) is 6.08 Å². The number of anilines is 1. The minimum absolute atomic E-state index is 0.104. The minimum atomic E-state index is -0.473. The fraction of sp³-hybridized carbons (Fsp3) is 0.318. The molecule has 30 heavy (non-hydrogen) atoms. The Balaban J connectivity index is 1.61. The Morgan fingerprint density at radius 3 is 2.63 bits per heavy atom. The van der Waals surface area contributed by atoms with Crippen molar-refractivity contribution in [1.29, 1.82) is 0 Å². The molecule has 3 rings (SSSR count). The average Bonchev–Trinajstić information content (AvgIpc) is 2.76. The van der Waals surface area contributed by atoms with E-state index in [1.54, 1.807) is 23.1 Å². The van der Waals surface area contributed by atoms with Crippen LogP contribution >= 0.6 is 11.6 Å². The molecule has 0 atom stereocenters. The first-order chi connectivity index (χ1) is 14.5. The first-order valence-electron chi connectivity index (χ1n) is 9.86. The van der Waals surface area contributed by atoms with Crippen LogP contribution in [0.2, 0.25) is 5.02 Å². The van der Waals surface area contributed by atoms with E-state index in [0.29, 0.717) is 30.3 Å². The van der Waals surface area contributed by atoms with E-state index in [9.17, 15) is 14.9 Å². The first kappa shape index (κ1) is 21.6. The number of nitro groups is 1. The number of piperazine rings is 1. The Bertz CT molecular complexity index is 940. The molecule has 0 saturated carbocycles. The second-order valence-electron chi connectivity index (χ2n) is 6.96. The van der Waals surface area contributed by atoms with E-state index in [1.165, 1.54) is 12.1 Å². The molecule has 0 N–H and O–H groups in total. The summed E-state index contributed by atoms with van der Waals surface area (Å²) in [5.74, 6) is 0.122. The standard InChI is InChI=1S/C22H24ClN3O4/c1-2-14-30-21-8-6-17(15-20(21)26(28)29)7-9-22(27)25-12-10-24(11-13-25)19-5-3-4-18(23)16-19/h3-9,15-16H,2,10-14H2,1H3/b9-7+. The van der Waals surface area contributed by atoms with Gasteiger partial charge in [-0.15, -0.1) is 0 Å². The third kappa shape index (κ3) is 5.51. The van der Waals surface area contributed by atoms with Crippen LogP contribution in [-0.2, 0) is 4.79 Å². The van der Waals surface area contributed by atoms with Gasteiger partial charge >= 0.3 is 5.69 Å². The van der Waals surface area contributed by atoms with Gasteiger partial charge in [0, 0.05) is 49.0 Å². The summed E-state index contributed by atoms with van der Waals surface area (Å²) < 4.78 is 5.42. The van der Waals surface area contributed by atoms with E-state index in [1.807, 2.05) is 31.2 Å². The van der Waals surface area contributed by atoms with Crippen LogP contribution in [0.4, 0.5) is 11.4 Å². The largest absolute Gasteiger partial charge is 0.487 e. The average molecular weight is 430 g/mol. The number of ether oxygens (including phenoxy) is 1. The zero-order valence-electron chi connectivity index (χ0n) is 16.8. The van der Waals surface area contributed by atoms with Crippen LogP contribution in [0.15, 0.2) is 48.5 Å². The highest BCUT2D eigenvalue weighted by molar-refractivity contribution is 6.30. The number of amides is 1. The van der Waals surface area contributed by atoms with Crippen molar-refractivity contribution in [3.05, 3.63) is 69.2 Å². The summed E-state index contributed by atoms with van der Waals surface area (Å²) >= 11 is 6.06. The second-order valence-corrected chi connectivity index (χ2v) is 7.39. The summed E-state index contributed by atoms with van der Waals surface area (Å²) in [4.78, 5) is 27.3. The van der Waals surface area contributed by atoms with Crippen molar-refractivity contribution in [3.63, 3.8) is 0 Å². The zero-order valence-corrected chi connectivity index (χ0v) is 17.5. The first-order valence-corrected chi connectivity index (χ1v) is 10.2. The van der Waals surface area contributed by atoms with E-state index in [-0.39, 0.29) is 17.3 Å². The van der Waals surface area contributed by atoms with E-state index >= 15 is 0 Å². The van der Waals surface area contributed by atoms with Gasteiger partial charge in [-0.3, -0.25) is 14.9 Å². The van der Waals surface area contributed by atoms with Crippen molar-refractivity contribution in [2.24, 2.45) is 0 Å². The van der Waals surface area contributed by atoms with E-state index in [0.717, 1.165) is 25.2 Å². The molecule has 1 aliphatic rings. The molecule has 0 spiro atoms. The van der Waals surface area contributed by atoms with Gasteiger partial charge in [-0.25, -0.2) is 0 Å². The molecule has 0 aliphatic carbocycles. The van der Waals surface area contributed by atoms with Crippen molar-refractivity contribution in [1.82, 2.24) is 4.90 Å². The predicted molar refractivity (Wildman–Crippen MR) is 118 cm³/mol. The highest BCUT2D eigenvalue weighted by atomic mass is 35.5. The van der Waals surface area contributed by atoms with Crippen molar-refractivity contribution in [2.75, 3.05) is 37.7 Å². The Kier molecular flexibility index (Phi) is 7.30. The van der Waals surface area contributed by atoms with Gasteiger partial charge in [0.25, 0.3) is 0 Å². The van der Waals surface area contributed by atoms with Gasteiger partial charge in [0.2, 0.25) is 5.91 Å². The number of hydrogen-bond donors (Lipinski definition) is 0. The third-order valence-electron chi connectivity index (χ3n) is 4.82. The molecule has 0 aromatic heterocycles. The van der Waals surface area contributed by atoms with Crippen molar-refractivity contribution in [2.45, 2.75) is 13.3 Å². The number of rotatable bonds is 7. The summed E-state index contributed by atoms with van der Waals surface area (Å²) in [5.41, 5.74) is 1.52. The Labute approximate surface area is 180 Å². The normalized spacial score (nSPS) is 14.2. The molecular weight excluding hydrogens is 406 g/mol. The van der Waals surface area contributed by atoms with E-state index in [2.05, 4.69) is 4.90 Å². The molecule has 0 radical (unpaired) electrons. The zero-order chi connectivity index (χ0) is 21.5. The highest BCUT2D eigenvalue weighted by Crippen LogP contribution is 2.28. The van der Waals surface area contributed by atoms with Crippen molar-refractivity contribution >= 4 is 35.0 Å². The Morgan fingerprint density at radius 1 is 1.20 bits per heavy atom. The predicted octanol–water partition coefficient (Wildman–Crippen LogP) is 4.40. The summed E-state index contributed by atoms with van der Waals surface area (Å²) in [5, 5.41) is 12.0. The van der Waals surface area contributed by atoms with Crippen LogP contribution in [0, 0.1) is 10.1 Å². The molecule has 1 amide bonds. The van der Waals surface area contributed by atoms with E-state index < -0.39 is 4.92 Å². The maximum absolute atomic E-state index is 12.5. The SMILES string of the molecule is CCCOc1ccc(/C=C/C(=O)N2CCN(c3cccc(Cl)c3)CC2)cc1[N+](=O)[O-]. The lowest BCUT2D eigenvalue weighted by atomic mass is 10.1. The van der Waals surface area contributed by atoms with Gasteiger partial charge in [-0.2, -0.15) is 0 Å². The number of halogens is 1. The van der Waals surface area contributed by atoms with Gasteiger partial charge < -0.3 is 14.5 Å². The fourth-order valence-corrected chi connectivity index (χ4v) is 3.43. The summed E-state index contributed by atoms with van der Waals surface area (Å²) in [6, 6.07) is 12.4. The van der Waals surface area contributed by atoms with Crippen molar-refractivity contribution < 1.29 is 14.5 Å². The van der Waals surface area contributed by atoms with Gasteiger partial charge in [0.1, 0.15) is 0 Å². The smallest absolute Gasteiger partial charge is 0.311 e. The number of benzene rings is 2. The summed E-state index contributed by atoms with van der Waals surface area (Å²) in [6.45, 7) is 4.97. The van der Waals surface area contributed by atoms with Crippen LogP contribution in [-0.4, -0.2) is 48.5 Å². The lowest BCUT2D eigenvalue weighted by Crippen LogP contribution is -2.48. The molecule has 0 unspecified atom stereocenters. The van der Waals surface area contributed by atoms with Crippen LogP contribution < -0.4 is 9.64 Å². The molecule has 1 heterocycles. The van der Waals surface area contributed by atoms with Crippen LogP contribution in [0.5, 0.6) is 5.75 Å². The summed E-state index contributed by atoms with van der Waals surface area (Å²) in [7, 11) is 0. The Hall–Kier alpha value is -3.06. The van der Waals surface area contributed by atoms with Gasteiger partial charge in [0.05, 0.1) is 11.5 Å². The molecule has 0 bridgehead atoms. The van der Waals surface area contributed by atoms with Crippen LogP contribution in [0.3, 0.4) is 0 Å². The topological polar surface area (TPSA) is 75.9 Å². The van der Waals surface area contributed by atoms with Gasteiger partial charge in [-0.1, -0.05) is 30.7 Å². The molecule has 1 aliphatic heterocycles. The molecular formula is C22H24ClN3O4. The Morgan fingerprint density at radius 2 is 1.97 bits per heavy atom. The van der Waals surface area contributed by atoms with E-state index in [4.69, 9.17) is 16.3 Å². The second kappa shape index (κ2) is 10.1. The number of nitro benzene ring substituents is 1. The number of carbonyl (C=O) groups is 1. The van der Waals surface area contributed by atoms with Gasteiger partial charge in [-0.05, 0) is 42.3 Å². The number of carbonyl (C=O) groups excluding carboxylic acids is 1. The minimum Gasteiger partial charge on any atom is -0.487 e. The number of hydrogen-bond acceptors (Lipinski definition) is 5. The highest BCUT2D eigenvalue weighted by Gasteiger charge is 2.20. The lowest BCUT2D eigenvalue weighted by molar-refractivity contribution is -0.385. The quantitative estimate of drug-likeness (QED) is 0.370. The molecule has 158 valence electrons. The third-order valence-corrected chi connectivity index (χ3v) is 5.06. The van der Waals surface area contributed by atoms with Crippen molar-refractivity contribution in [3.8, 4) is 5.75 Å². The maximum atomic E-state index is 12.5. The lowest BCUT2D eigenvalue weighted by Gasteiger charge is -2.35. The molecule has 8 heteroatoms. The summed E-state index contributed by atoms with van der Waals surface area (Å²) in [6.07, 6.45) is 3.82. The fourth-order valence-electron chi connectivity index (χ4n) is 3.25. The van der Waals surface area contributed by atoms with Crippen LogP contribution in [0.1, 0.15) is 18.9 Å². The van der Waals surface area contributed by atoms with Gasteiger partial charge in [0.15, 0.2) is 5.75 Å². The monoisotopic (exact) mass is 429 g/mol. The molecule has 1 fully saturated rings.